The lowest BCUT2D eigenvalue weighted by Crippen LogP contribution is -2.33. The second kappa shape index (κ2) is 8.98. The Labute approximate surface area is 184 Å². The summed E-state index contributed by atoms with van der Waals surface area (Å²) in [5.41, 5.74) is 0.164. The van der Waals surface area contributed by atoms with E-state index in [1.807, 2.05) is 27.7 Å². The van der Waals surface area contributed by atoms with Crippen LogP contribution in [-0.2, 0) is 0 Å². The number of rotatable bonds is 4. The Balaban J connectivity index is 0.000000181. The highest BCUT2D eigenvalue weighted by Crippen LogP contribution is 2.26. The summed E-state index contributed by atoms with van der Waals surface area (Å²) in [4.78, 5) is 49.5. The highest BCUT2D eigenvalue weighted by Gasteiger charge is 2.38. The van der Waals surface area contributed by atoms with Crippen molar-refractivity contribution in [1.82, 2.24) is 9.80 Å². The molecule has 2 aliphatic heterocycles. The number of halogens is 2. The van der Waals surface area contributed by atoms with Crippen LogP contribution in [0.5, 0.6) is 0 Å². The van der Waals surface area contributed by atoms with Gasteiger partial charge in [-0.1, -0.05) is 39.8 Å². The largest absolute Gasteiger partial charge is 0.274 e. The van der Waals surface area contributed by atoms with Gasteiger partial charge in [0.05, 0.1) is 22.3 Å². The van der Waals surface area contributed by atoms with E-state index in [9.17, 15) is 28.0 Å². The van der Waals surface area contributed by atoms with E-state index < -0.39 is 35.3 Å². The van der Waals surface area contributed by atoms with E-state index in [2.05, 4.69) is 0 Å². The molecule has 6 nitrogen and oxygen atoms in total. The van der Waals surface area contributed by atoms with Crippen molar-refractivity contribution in [2.24, 2.45) is 11.8 Å². The lowest BCUT2D eigenvalue weighted by Gasteiger charge is -2.15. The van der Waals surface area contributed by atoms with Crippen molar-refractivity contribution in [1.29, 1.82) is 0 Å². The summed E-state index contributed by atoms with van der Waals surface area (Å²) in [6, 6.07) is 8.25. The highest BCUT2D eigenvalue weighted by atomic mass is 19.1. The van der Waals surface area contributed by atoms with Crippen LogP contribution in [0, 0.1) is 23.5 Å². The summed E-state index contributed by atoms with van der Waals surface area (Å²) in [7, 11) is 0. The maximum absolute atomic E-state index is 13.4. The van der Waals surface area contributed by atoms with E-state index >= 15 is 0 Å². The minimum absolute atomic E-state index is 0.0897. The molecule has 0 fully saturated rings. The monoisotopic (exact) mass is 442 g/mol. The summed E-state index contributed by atoms with van der Waals surface area (Å²) < 4.78 is 26.9. The summed E-state index contributed by atoms with van der Waals surface area (Å²) in [6.45, 7) is 8.26. The number of benzene rings is 2. The maximum atomic E-state index is 13.4. The number of hydrogen-bond acceptors (Lipinski definition) is 4. The lowest BCUT2D eigenvalue weighted by molar-refractivity contribution is 0.0620. The minimum Gasteiger partial charge on any atom is -0.274 e. The summed E-state index contributed by atoms with van der Waals surface area (Å²) in [5.74, 6) is -2.74. The predicted molar refractivity (Wildman–Crippen MR) is 113 cm³/mol. The quantitative estimate of drug-likeness (QED) is 0.667. The molecule has 2 aromatic rings. The Bertz CT molecular complexity index is 1020. The zero-order valence-corrected chi connectivity index (χ0v) is 18.3. The van der Waals surface area contributed by atoms with Gasteiger partial charge in [-0.2, -0.15) is 0 Å². The topological polar surface area (TPSA) is 74.8 Å². The molecule has 32 heavy (non-hydrogen) atoms. The van der Waals surface area contributed by atoms with Crippen molar-refractivity contribution in [3.8, 4) is 0 Å². The lowest BCUT2D eigenvalue weighted by atomic mass is 10.1. The van der Waals surface area contributed by atoms with Crippen LogP contribution in [-0.4, -0.2) is 46.5 Å². The second-order valence-corrected chi connectivity index (χ2v) is 8.55. The summed E-state index contributed by atoms with van der Waals surface area (Å²) in [6.07, 6.45) is 0. The van der Waals surface area contributed by atoms with Gasteiger partial charge in [-0.3, -0.25) is 29.0 Å². The molecule has 2 aromatic carbocycles. The Morgan fingerprint density at radius 3 is 1.25 bits per heavy atom. The van der Waals surface area contributed by atoms with E-state index in [4.69, 9.17) is 0 Å². The van der Waals surface area contributed by atoms with E-state index in [1.165, 1.54) is 36.4 Å². The molecule has 168 valence electrons. The smallest absolute Gasteiger partial charge is 0.264 e. The van der Waals surface area contributed by atoms with Gasteiger partial charge in [-0.25, -0.2) is 8.78 Å². The number of carbonyl (C=O) groups excluding carboxylic acids is 4. The normalized spacial score (nSPS) is 14.9. The standard InChI is InChI=1S/2C12H12FNO2/c2*1-7(2)6-14-11(15)8-4-3-5-9(13)10(8)12(14)16/h2*3-5,7H,6H2,1-2H3. The molecule has 0 saturated heterocycles. The van der Waals surface area contributed by atoms with Crippen LogP contribution in [0.3, 0.4) is 0 Å². The number of nitrogens with zero attached hydrogens (tertiary/aromatic N) is 2. The summed E-state index contributed by atoms with van der Waals surface area (Å²) in [5, 5.41) is 0. The molecule has 4 rings (SSSR count). The van der Waals surface area contributed by atoms with Crippen molar-refractivity contribution in [2.75, 3.05) is 13.1 Å². The Kier molecular flexibility index (Phi) is 6.52. The molecule has 4 amide bonds. The molecule has 0 atom stereocenters. The van der Waals surface area contributed by atoms with Crippen LogP contribution >= 0.6 is 0 Å². The molecule has 2 aliphatic rings. The molecule has 0 spiro atoms. The summed E-state index contributed by atoms with van der Waals surface area (Å²) >= 11 is 0. The van der Waals surface area contributed by atoms with Crippen LogP contribution in [0.4, 0.5) is 8.78 Å². The molecule has 0 unspecified atom stereocenters. The van der Waals surface area contributed by atoms with Crippen molar-refractivity contribution in [3.05, 3.63) is 70.3 Å². The van der Waals surface area contributed by atoms with Gasteiger partial charge in [-0.05, 0) is 36.1 Å². The first kappa shape index (κ1) is 23.2. The van der Waals surface area contributed by atoms with Gasteiger partial charge >= 0.3 is 0 Å². The Morgan fingerprint density at radius 2 is 0.969 bits per heavy atom. The van der Waals surface area contributed by atoms with Crippen LogP contribution in [0.25, 0.3) is 0 Å². The van der Waals surface area contributed by atoms with Gasteiger partial charge in [0.15, 0.2) is 0 Å². The minimum atomic E-state index is -0.623. The molecule has 8 heteroatoms. The molecular weight excluding hydrogens is 418 g/mol. The highest BCUT2D eigenvalue weighted by molar-refractivity contribution is 6.22. The number of imide groups is 2. The first-order valence-corrected chi connectivity index (χ1v) is 10.3. The Hall–Kier alpha value is -3.42. The van der Waals surface area contributed by atoms with E-state index in [0.717, 1.165) is 9.80 Å². The third-order valence-electron chi connectivity index (χ3n) is 4.99. The predicted octanol–water partition coefficient (Wildman–Crippen LogP) is 4.16. The van der Waals surface area contributed by atoms with Crippen LogP contribution in [0.2, 0.25) is 0 Å². The van der Waals surface area contributed by atoms with Gasteiger partial charge in [0.1, 0.15) is 11.6 Å². The number of fused-ring (bicyclic) bond motifs is 2. The van der Waals surface area contributed by atoms with Gasteiger partial charge in [0, 0.05) is 13.1 Å². The molecular formula is C24H24F2N2O4. The fourth-order valence-corrected chi connectivity index (χ4v) is 3.65. The molecule has 0 aliphatic carbocycles. The molecule has 0 bridgehead atoms. The van der Waals surface area contributed by atoms with E-state index in [0.29, 0.717) is 13.1 Å². The molecule has 0 radical (unpaired) electrons. The molecule has 0 aromatic heterocycles. The van der Waals surface area contributed by atoms with Gasteiger partial charge < -0.3 is 0 Å². The number of hydrogen-bond donors (Lipinski definition) is 0. The average molecular weight is 442 g/mol. The fraction of sp³-hybridized carbons (Fsp3) is 0.333. The van der Waals surface area contributed by atoms with Crippen LogP contribution in [0.1, 0.15) is 69.1 Å². The molecule has 0 saturated carbocycles. The van der Waals surface area contributed by atoms with Crippen molar-refractivity contribution < 1.29 is 28.0 Å². The third kappa shape index (κ3) is 4.17. The Morgan fingerprint density at radius 1 is 0.625 bits per heavy atom. The van der Waals surface area contributed by atoms with Crippen molar-refractivity contribution >= 4 is 23.6 Å². The van der Waals surface area contributed by atoms with Crippen molar-refractivity contribution in [2.45, 2.75) is 27.7 Å². The van der Waals surface area contributed by atoms with Gasteiger partial charge in [0.2, 0.25) is 0 Å². The van der Waals surface area contributed by atoms with Crippen LogP contribution < -0.4 is 0 Å². The van der Waals surface area contributed by atoms with E-state index in [1.54, 1.807) is 0 Å². The maximum Gasteiger partial charge on any atom is 0.264 e. The number of carbonyl (C=O) groups is 4. The zero-order valence-electron chi connectivity index (χ0n) is 18.3. The first-order chi connectivity index (χ1) is 15.0. The molecule has 2 heterocycles. The zero-order chi connectivity index (χ0) is 23.7. The number of amides is 4. The second-order valence-electron chi connectivity index (χ2n) is 8.55. The first-order valence-electron chi connectivity index (χ1n) is 10.3. The van der Waals surface area contributed by atoms with Crippen LogP contribution in [0.15, 0.2) is 36.4 Å². The molecule has 0 N–H and O–H groups in total. The average Bonchev–Trinajstić information content (AvgIpc) is 3.10. The third-order valence-corrected chi connectivity index (χ3v) is 4.99. The van der Waals surface area contributed by atoms with Gasteiger partial charge in [0.25, 0.3) is 23.6 Å². The SMILES string of the molecule is CC(C)CN1C(=O)c2cccc(F)c2C1=O.CC(C)CN1C(=O)c2cccc(F)c2C1=O. The van der Waals surface area contributed by atoms with Crippen molar-refractivity contribution in [3.63, 3.8) is 0 Å². The fourth-order valence-electron chi connectivity index (χ4n) is 3.65. The van der Waals surface area contributed by atoms with E-state index in [-0.39, 0.29) is 34.1 Å². The van der Waals surface area contributed by atoms with Gasteiger partial charge in [-0.15, -0.1) is 0 Å².